The van der Waals surface area contributed by atoms with Crippen LogP contribution in [0.4, 0.5) is 4.79 Å². The van der Waals surface area contributed by atoms with Crippen LogP contribution in [-0.2, 0) is 16.1 Å². The van der Waals surface area contributed by atoms with E-state index in [0.717, 1.165) is 9.80 Å². The fourth-order valence-electron chi connectivity index (χ4n) is 2.29. The molecule has 0 bridgehead atoms. The van der Waals surface area contributed by atoms with Gasteiger partial charge in [0.25, 0.3) is 0 Å². The lowest BCUT2D eigenvalue weighted by molar-refractivity contribution is -0.144. The number of imide groups is 2. The molecule has 7 heteroatoms. The van der Waals surface area contributed by atoms with E-state index in [-0.39, 0.29) is 12.6 Å². The standard InChI is InChI=1S/C15H18N2O5/c1-9(2)17-14(19)13(18)16(15(17)20)8-10-7-11(21-3)5-6-12(10)22-4/h5-7,9H,8H2,1-4H3. The van der Waals surface area contributed by atoms with E-state index in [0.29, 0.717) is 17.1 Å². The Hall–Kier alpha value is -2.57. The number of benzene rings is 1. The van der Waals surface area contributed by atoms with Gasteiger partial charge in [0.05, 0.1) is 20.8 Å². The predicted octanol–water partition coefficient (Wildman–Crippen LogP) is 1.40. The number of methoxy groups -OCH3 is 2. The second-order valence-corrected chi connectivity index (χ2v) is 5.12. The summed E-state index contributed by atoms with van der Waals surface area (Å²) < 4.78 is 10.4. The molecule has 0 aromatic heterocycles. The van der Waals surface area contributed by atoms with Crippen LogP contribution in [0.5, 0.6) is 11.5 Å². The zero-order valence-electron chi connectivity index (χ0n) is 13.0. The largest absolute Gasteiger partial charge is 0.497 e. The normalized spacial score (nSPS) is 15.0. The molecule has 118 valence electrons. The van der Waals surface area contributed by atoms with Crippen LogP contribution in [0.3, 0.4) is 0 Å². The van der Waals surface area contributed by atoms with E-state index in [1.165, 1.54) is 14.2 Å². The van der Waals surface area contributed by atoms with Crippen molar-refractivity contribution >= 4 is 17.8 Å². The van der Waals surface area contributed by atoms with Gasteiger partial charge < -0.3 is 9.47 Å². The van der Waals surface area contributed by atoms with E-state index in [4.69, 9.17) is 9.47 Å². The van der Waals surface area contributed by atoms with E-state index in [1.54, 1.807) is 32.0 Å². The van der Waals surface area contributed by atoms with Crippen molar-refractivity contribution in [2.75, 3.05) is 14.2 Å². The Morgan fingerprint density at radius 1 is 1.05 bits per heavy atom. The van der Waals surface area contributed by atoms with E-state index in [9.17, 15) is 14.4 Å². The molecular weight excluding hydrogens is 288 g/mol. The minimum Gasteiger partial charge on any atom is -0.497 e. The number of urea groups is 1. The average Bonchev–Trinajstić information content (AvgIpc) is 2.70. The molecule has 22 heavy (non-hydrogen) atoms. The van der Waals surface area contributed by atoms with Crippen LogP contribution in [0, 0.1) is 0 Å². The molecule has 0 spiro atoms. The molecule has 0 aliphatic carbocycles. The van der Waals surface area contributed by atoms with Gasteiger partial charge in [-0.25, -0.2) is 4.79 Å². The van der Waals surface area contributed by atoms with Crippen LogP contribution in [0.2, 0.25) is 0 Å². The highest BCUT2D eigenvalue weighted by atomic mass is 16.5. The number of nitrogens with zero attached hydrogens (tertiary/aromatic N) is 2. The Bertz CT molecular complexity index is 626. The van der Waals surface area contributed by atoms with Gasteiger partial charge in [0.15, 0.2) is 0 Å². The first kappa shape index (κ1) is 15.8. The SMILES string of the molecule is COc1ccc(OC)c(CN2C(=O)C(=O)N(C(C)C)C2=O)c1. The predicted molar refractivity (Wildman–Crippen MR) is 77.5 cm³/mol. The summed E-state index contributed by atoms with van der Waals surface area (Å²) in [5.74, 6) is -0.552. The van der Waals surface area contributed by atoms with Gasteiger partial charge in [-0.1, -0.05) is 0 Å². The van der Waals surface area contributed by atoms with Gasteiger partial charge in [0.1, 0.15) is 11.5 Å². The van der Waals surface area contributed by atoms with Crippen LogP contribution in [0.1, 0.15) is 19.4 Å². The molecule has 7 nitrogen and oxygen atoms in total. The first-order chi connectivity index (χ1) is 10.4. The van der Waals surface area contributed by atoms with Crippen LogP contribution in [0.25, 0.3) is 0 Å². The van der Waals surface area contributed by atoms with Crippen LogP contribution < -0.4 is 9.47 Å². The lowest BCUT2D eigenvalue weighted by Gasteiger charge is -2.19. The zero-order chi connectivity index (χ0) is 16.4. The zero-order valence-corrected chi connectivity index (χ0v) is 13.0. The van der Waals surface area contributed by atoms with E-state index < -0.39 is 17.8 Å². The van der Waals surface area contributed by atoms with Crippen LogP contribution in [-0.4, -0.2) is 47.9 Å². The number of amides is 4. The van der Waals surface area contributed by atoms with Gasteiger partial charge in [0, 0.05) is 11.6 Å². The summed E-state index contributed by atoms with van der Waals surface area (Å²) in [6.45, 7) is 3.31. The Kier molecular flexibility index (Phi) is 4.35. The lowest BCUT2D eigenvalue weighted by atomic mass is 10.1. The summed E-state index contributed by atoms with van der Waals surface area (Å²) in [4.78, 5) is 38.1. The third-order valence-electron chi connectivity index (χ3n) is 3.42. The van der Waals surface area contributed by atoms with E-state index >= 15 is 0 Å². The first-order valence-corrected chi connectivity index (χ1v) is 6.80. The summed E-state index contributed by atoms with van der Waals surface area (Å²) >= 11 is 0. The molecule has 1 aliphatic heterocycles. The minimum absolute atomic E-state index is 0.0486. The lowest BCUT2D eigenvalue weighted by Crippen LogP contribution is -2.37. The van der Waals surface area contributed by atoms with Crippen molar-refractivity contribution in [2.45, 2.75) is 26.4 Å². The molecule has 0 N–H and O–H groups in total. The minimum atomic E-state index is -0.830. The molecule has 1 heterocycles. The maximum Gasteiger partial charge on any atom is 0.334 e. The van der Waals surface area contributed by atoms with Crippen LogP contribution in [0.15, 0.2) is 18.2 Å². The number of rotatable bonds is 5. The number of ether oxygens (including phenoxy) is 2. The Balaban J connectivity index is 2.33. The third kappa shape index (κ3) is 2.61. The van der Waals surface area contributed by atoms with Gasteiger partial charge in [-0.3, -0.25) is 19.4 Å². The highest BCUT2D eigenvalue weighted by Gasteiger charge is 2.45. The third-order valence-corrected chi connectivity index (χ3v) is 3.42. The monoisotopic (exact) mass is 306 g/mol. The fourth-order valence-corrected chi connectivity index (χ4v) is 2.29. The molecule has 1 saturated heterocycles. The topological polar surface area (TPSA) is 76.2 Å². The second-order valence-electron chi connectivity index (χ2n) is 5.12. The quantitative estimate of drug-likeness (QED) is 0.607. The van der Waals surface area contributed by atoms with Crippen molar-refractivity contribution in [3.05, 3.63) is 23.8 Å². The van der Waals surface area contributed by atoms with E-state index in [1.807, 2.05) is 0 Å². The average molecular weight is 306 g/mol. The molecule has 1 aliphatic rings. The number of hydrogen-bond donors (Lipinski definition) is 0. The van der Waals surface area contributed by atoms with Gasteiger partial charge in [0.2, 0.25) is 0 Å². The Morgan fingerprint density at radius 3 is 2.23 bits per heavy atom. The Labute approximate surface area is 128 Å². The summed E-state index contributed by atoms with van der Waals surface area (Å²) in [5.41, 5.74) is 0.585. The summed E-state index contributed by atoms with van der Waals surface area (Å²) in [6, 6.07) is 4.07. The number of carbonyl (C=O) groups excluding carboxylic acids is 3. The van der Waals surface area contributed by atoms with Gasteiger partial charge >= 0.3 is 17.8 Å². The van der Waals surface area contributed by atoms with Crippen molar-refractivity contribution in [1.29, 1.82) is 0 Å². The smallest absolute Gasteiger partial charge is 0.334 e. The molecule has 1 aromatic rings. The summed E-state index contributed by atoms with van der Waals surface area (Å²) in [5, 5.41) is 0. The second kappa shape index (κ2) is 6.05. The van der Waals surface area contributed by atoms with Crippen LogP contribution >= 0.6 is 0 Å². The molecule has 0 unspecified atom stereocenters. The van der Waals surface area contributed by atoms with Crippen molar-refractivity contribution in [3.8, 4) is 11.5 Å². The molecule has 1 aromatic carbocycles. The molecule has 0 atom stereocenters. The van der Waals surface area contributed by atoms with Gasteiger partial charge in [-0.15, -0.1) is 0 Å². The summed E-state index contributed by atoms with van der Waals surface area (Å²) in [7, 11) is 3.01. The highest BCUT2D eigenvalue weighted by Crippen LogP contribution is 2.27. The van der Waals surface area contributed by atoms with E-state index in [2.05, 4.69) is 0 Å². The molecule has 4 amide bonds. The molecular formula is C15H18N2O5. The molecule has 1 fully saturated rings. The summed E-state index contributed by atoms with van der Waals surface area (Å²) in [6.07, 6.45) is 0. The molecule has 0 radical (unpaired) electrons. The van der Waals surface area contributed by atoms with Crippen molar-refractivity contribution in [1.82, 2.24) is 9.80 Å². The Morgan fingerprint density at radius 2 is 1.73 bits per heavy atom. The maximum atomic E-state index is 12.3. The fraction of sp³-hybridized carbons (Fsp3) is 0.400. The van der Waals surface area contributed by atoms with Crippen molar-refractivity contribution < 1.29 is 23.9 Å². The first-order valence-electron chi connectivity index (χ1n) is 6.80. The number of hydrogen-bond acceptors (Lipinski definition) is 5. The highest BCUT2D eigenvalue weighted by molar-refractivity contribution is 6.44. The van der Waals surface area contributed by atoms with Gasteiger partial charge in [-0.2, -0.15) is 0 Å². The molecule has 2 rings (SSSR count). The van der Waals surface area contributed by atoms with Crippen molar-refractivity contribution in [2.24, 2.45) is 0 Å². The molecule has 0 saturated carbocycles. The van der Waals surface area contributed by atoms with Gasteiger partial charge in [-0.05, 0) is 32.0 Å². The number of carbonyl (C=O) groups is 3. The van der Waals surface area contributed by atoms with Crippen molar-refractivity contribution in [3.63, 3.8) is 0 Å². The maximum absolute atomic E-state index is 12.3.